The second-order valence-electron chi connectivity index (χ2n) is 4.95. The predicted octanol–water partition coefficient (Wildman–Crippen LogP) is 1.14. The van der Waals surface area contributed by atoms with Crippen LogP contribution in [-0.2, 0) is 23.8 Å². The van der Waals surface area contributed by atoms with E-state index < -0.39 is 30.3 Å². The number of hydrogen-bond acceptors (Lipinski definition) is 6. The number of aliphatic hydroxyl groups is 1. The lowest BCUT2D eigenvalue weighted by Gasteiger charge is -2.19. The van der Waals surface area contributed by atoms with Gasteiger partial charge in [-0.1, -0.05) is 17.9 Å². The predicted molar refractivity (Wildman–Crippen MR) is 83.2 cm³/mol. The van der Waals surface area contributed by atoms with Gasteiger partial charge >= 0.3 is 11.9 Å². The van der Waals surface area contributed by atoms with Crippen molar-refractivity contribution >= 4 is 11.9 Å². The first-order valence-corrected chi connectivity index (χ1v) is 7.43. The van der Waals surface area contributed by atoms with E-state index in [1.165, 1.54) is 19.9 Å². The topological polar surface area (TPSA) is 82.1 Å². The molecule has 1 aliphatic heterocycles. The summed E-state index contributed by atoms with van der Waals surface area (Å²) in [5.41, 5.74) is 0. The van der Waals surface area contributed by atoms with E-state index in [1.54, 1.807) is 12.2 Å². The lowest BCUT2D eigenvalue weighted by atomic mass is 10.1. The summed E-state index contributed by atoms with van der Waals surface area (Å²) in [6, 6.07) is 0. The lowest BCUT2D eigenvalue weighted by Crippen LogP contribution is -2.33. The van der Waals surface area contributed by atoms with Crippen LogP contribution < -0.4 is 0 Å². The Morgan fingerprint density at radius 2 is 2.22 bits per heavy atom. The number of hydrogen-bond donors (Lipinski definition) is 1. The van der Waals surface area contributed by atoms with Crippen LogP contribution in [0, 0.1) is 11.8 Å². The summed E-state index contributed by atoms with van der Waals surface area (Å²) in [5.74, 6) is 4.70. The maximum absolute atomic E-state index is 11.2. The van der Waals surface area contributed by atoms with Gasteiger partial charge < -0.3 is 19.3 Å². The van der Waals surface area contributed by atoms with Gasteiger partial charge in [0.25, 0.3) is 0 Å². The van der Waals surface area contributed by atoms with E-state index >= 15 is 0 Å². The third kappa shape index (κ3) is 8.81. The van der Waals surface area contributed by atoms with Crippen LogP contribution in [0.2, 0.25) is 0 Å². The molecule has 6 heteroatoms. The van der Waals surface area contributed by atoms with Crippen molar-refractivity contribution in [2.75, 3.05) is 13.2 Å². The highest BCUT2D eigenvalue weighted by molar-refractivity contribution is 5.66. The fraction of sp³-hybridized carbons (Fsp3) is 0.529. The molecule has 1 N–H and O–H groups in total. The maximum atomic E-state index is 11.2. The second-order valence-corrected chi connectivity index (χ2v) is 4.95. The maximum Gasteiger partial charge on any atom is 0.303 e. The van der Waals surface area contributed by atoms with E-state index in [4.69, 9.17) is 14.2 Å². The van der Waals surface area contributed by atoms with Gasteiger partial charge in [-0.15, -0.1) is 0 Å². The van der Waals surface area contributed by atoms with Crippen molar-refractivity contribution in [1.82, 2.24) is 0 Å². The van der Waals surface area contributed by atoms with Crippen LogP contribution in [0.25, 0.3) is 0 Å². The van der Waals surface area contributed by atoms with E-state index in [2.05, 4.69) is 11.8 Å². The third-order valence-electron chi connectivity index (χ3n) is 2.85. The first-order valence-electron chi connectivity index (χ1n) is 7.43. The molecule has 0 aromatic rings. The minimum Gasteiger partial charge on any atom is -0.463 e. The monoisotopic (exact) mass is 322 g/mol. The van der Waals surface area contributed by atoms with E-state index in [1.807, 2.05) is 6.08 Å². The van der Waals surface area contributed by atoms with Gasteiger partial charge in [0.05, 0.1) is 0 Å². The van der Waals surface area contributed by atoms with Crippen molar-refractivity contribution in [3.63, 3.8) is 0 Å². The Morgan fingerprint density at radius 1 is 1.43 bits per heavy atom. The molecule has 1 unspecified atom stereocenters. The molecule has 0 aromatic heterocycles. The molecule has 23 heavy (non-hydrogen) atoms. The van der Waals surface area contributed by atoms with Crippen LogP contribution in [-0.4, -0.2) is 48.6 Å². The second kappa shape index (κ2) is 10.6. The van der Waals surface area contributed by atoms with Crippen molar-refractivity contribution in [3.8, 4) is 11.8 Å². The number of carbonyl (C=O) groups excluding carboxylic acids is 2. The Morgan fingerprint density at radius 3 is 2.91 bits per heavy atom. The normalized spacial score (nSPS) is 21.8. The smallest absolute Gasteiger partial charge is 0.303 e. The molecule has 0 aromatic carbocycles. The zero-order valence-corrected chi connectivity index (χ0v) is 13.4. The molecule has 0 amide bonds. The zero-order chi connectivity index (χ0) is 17.1. The summed E-state index contributed by atoms with van der Waals surface area (Å²) in [4.78, 5) is 21.9. The van der Waals surface area contributed by atoms with Crippen molar-refractivity contribution in [2.24, 2.45) is 0 Å². The Labute approximate surface area is 136 Å². The van der Waals surface area contributed by atoms with Crippen LogP contribution in [0.4, 0.5) is 0 Å². The summed E-state index contributed by atoms with van der Waals surface area (Å²) in [7, 11) is 0. The summed E-state index contributed by atoms with van der Waals surface area (Å²) in [6.07, 6.45) is 6.09. The van der Waals surface area contributed by atoms with Gasteiger partial charge in [0.2, 0.25) is 0 Å². The minimum atomic E-state index is -1.16. The van der Waals surface area contributed by atoms with E-state index in [0.29, 0.717) is 6.61 Å². The summed E-state index contributed by atoms with van der Waals surface area (Å²) in [5, 5.41) is 9.99. The summed E-state index contributed by atoms with van der Waals surface area (Å²) in [6.45, 7) is 2.76. The van der Waals surface area contributed by atoms with E-state index in [9.17, 15) is 14.7 Å². The molecule has 0 aliphatic carbocycles. The number of ether oxygens (including phenoxy) is 3. The molecule has 1 heterocycles. The summed E-state index contributed by atoms with van der Waals surface area (Å²) < 4.78 is 15.3. The molecule has 0 saturated carbocycles. The minimum absolute atomic E-state index is 0.266. The number of carbonyl (C=O) groups is 2. The SMILES string of the molecule is CC(=O)OC[C@@H](O)[C@H](/C=C/C1C#C/C=C\CCCO1)OC(C)=O. The van der Waals surface area contributed by atoms with Gasteiger partial charge in [-0.3, -0.25) is 9.59 Å². The van der Waals surface area contributed by atoms with Crippen molar-refractivity contribution < 1.29 is 28.9 Å². The van der Waals surface area contributed by atoms with Crippen molar-refractivity contribution in [3.05, 3.63) is 24.3 Å². The summed E-state index contributed by atoms with van der Waals surface area (Å²) >= 11 is 0. The number of esters is 2. The number of aliphatic hydroxyl groups excluding tert-OH is 1. The Kier molecular flexibility index (Phi) is 8.73. The first-order chi connectivity index (χ1) is 11.0. The standard InChI is InChI=1S/C17H22O6/c1-13(18)22-12-16(20)17(23-14(2)19)10-9-15-8-6-4-3-5-7-11-21-15/h3-4,9-10,15-17,20H,5,7,11-12H2,1-2H3/b4-3-,10-9+/t15?,16-,17+/m1/s1. The van der Waals surface area contributed by atoms with E-state index in [0.717, 1.165) is 12.8 Å². The van der Waals surface area contributed by atoms with Crippen LogP contribution in [0.3, 0.4) is 0 Å². The Bertz CT molecular complexity index is 511. The van der Waals surface area contributed by atoms with Crippen LogP contribution in [0.15, 0.2) is 24.3 Å². The molecular formula is C17H22O6. The fourth-order valence-corrected chi connectivity index (χ4v) is 1.78. The van der Waals surface area contributed by atoms with Crippen LogP contribution in [0.1, 0.15) is 26.7 Å². The molecule has 0 saturated heterocycles. The van der Waals surface area contributed by atoms with E-state index in [-0.39, 0.29) is 6.61 Å². The quantitative estimate of drug-likeness (QED) is 0.448. The van der Waals surface area contributed by atoms with Crippen molar-refractivity contribution in [1.29, 1.82) is 0 Å². The molecular weight excluding hydrogens is 300 g/mol. The molecule has 1 aliphatic rings. The van der Waals surface area contributed by atoms with Gasteiger partial charge in [-0.25, -0.2) is 0 Å². The average Bonchev–Trinajstić information content (AvgIpc) is 2.62. The zero-order valence-electron chi connectivity index (χ0n) is 13.4. The molecule has 0 fully saturated rings. The first kappa shape index (κ1) is 18.9. The molecule has 0 bridgehead atoms. The molecule has 1 rings (SSSR count). The lowest BCUT2D eigenvalue weighted by molar-refractivity contribution is -0.154. The molecule has 3 atom stereocenters. The van der Waals surface area contributed by atoms with Crippen LogP contribution >= 0.6 is 0 Å². The highest BCUT2D eigenvalue weighted by atomic mass is 16.6. The molecule has 0 radical (unpaired) electrons. The van der Waals surface area contributed by atoms with Gasteiger partial charge in [-0.05, 0) is 31.1 Å². The highest BCUT2D eigenvalue weighted by Crippen LogP contribution is 2.07. The van der Waals surface area contributed by atoms with Crippen molar-refractivity contribution in [2.45, 2.75) is 45.0 Å². The molecule has 126 valence electrons. The number of allylic oxidation sites excluding steroid dienone is 2. The van der Waals surface area contributed by atoms with Gasteiger partial charge in [0.15, 0.2) is 0 Å². The third-order valence-corrected chi connectivity index (χ3v) is 2.85. The van der Waals surface area contributed by atoms with Gasteiger partial charge in [0.1, 0.15) is 24.9 Å². The van der Waals surface area contributed by atoms with Crippen LogP contribution in [0.5, 0.6) is 0 Å². The van der Waals surface area contributed by atoms with Gasteiger partial charge in [0, 0.05) is 20.5 Å². The highest BCUT2D eigenvalue weighted by Gasteiger charge is 2.21. The Balaban J connectivity index is 2.71. The average molecular weight is 322 g/mol. The molecule has 6 nitrogen and oxygen atoms in total. The number of rotatable bonds is 6. The fourth-order valence-electron chi connectivity index (χ4n) is 1.78. The molecule has 0 spiro atoms. The largest absolute Gasteiger partial charge is 0.463 e. The Hall–Kier alpha value is -2.10. The van der Waals surface area contributed by atoms with Gasteiger partial charge in [-0.2, -0.15) is 0 Å².